The normalized spacial score (nSPS) is 12.7. The average molecular weight is 280 g/mol. The fraction of sp³-hybridized carbons (Fsp3) is 0.333. The predicted molar refractivity (Wildman–Crippen MR) is 80.8 cm³/mol. The smallest absolute Gasteiger partial charge is 0.0602 e. The lowest BCUT2D eigenvalue weighted by molar-refractivity contribution is 0.630. The van der Waals surface area contributed by atoms with Gasteiger partial charge in [0.1, 0.15) is 0 Å². The van der Waals surface area contributed by atoms with Crippen molar-refractivity contribution in [3.05, 3.63) is 56.2 Å². The minimum atomic E-state index is 0.189. The third-order valence-corrected chi connectivity index (χ3v) is 4.34. The second-order valence-corrected chi connectivity index (χ2v) is 6.25. The first-order valence-electron chi connectivity index (χ1n) is 6.18. The summed E-state index contributed by atoms with van der Waals surface area (Å²) >= 11 is 8.17. The Balaban J connectivity index is 2.46. The molecule has 1 unspecified atom stereocenters. The number of hydrogen-bond donors (Lipinski definition) is 1. The molecule has 0 fully saturated rings. The fourth-order valence-corrected chi connectivity index (χ4v) is 3.45. The molecule has 0 amide bonds. The summed E-state index contributed by atoms with van der Waals surface area (Å²) < 4.78 is 0. The second kappa shape index (κ2) is 5.87. The number of benzene rings is 1. The molecule has 0 aliphatic rings. The Hall–Kier alpha value is -0.830. The Kier molecular flexibility index (Phi) is 4.44. The lowest BCUT2D eigenvalue weighted by Crippen LogP contribution is -2.22. The third-order valence-electron chi connectivity index (χ3n) is 3.01. The highest BCUT2D eigenvalue weighted by Crippen LogP contribution is 2.33. The molecule has 18 heavy (non-hydrogen) atoms. The van der Waals surface area contributed by atoms with Gasteiger partial charge in [0.25, 0.3) is 0 Å². The van der Waals surface area contributed by atoms with Crippen molar-refractivity contribution in [3.63, 3.8) is 0 Å². The lowest BCUT2D eigenvalue weighted by atomic mass is 9.99. The summed E-state index contributed by atoms with van der Waals surface area (Å²) in [6, 6.07) is 10.5. The maximum Gasteiger partial charge on any atom is 0.0602 e. The van der Waals surface area contributed by atoms with Gasteiger partial charge in [-0.15, -0.1) is 11.3 Å². The highest BCUT2D eigenvalue weighted by molar-refractivity contribution is 7.12. The summed E-state index contributed by atoms with van der Waals surface area (Å²) in [6.45, 7) is 7.37. The molecule has 1 aromatic heterocycles. The van der Waals surface area contributed by atoms with E-state index in [1.165, 1.54) is 15.3 Å². The van der Waals surface area contributed by atoms with E-state index in [4.69, 9.17) is 11.6 Å². The number of aryl methyl sites for hydroxylation is 2. The van der Waals surface area contributed by atoms with Gasteiger partial charge in [-0.05, 0) is 43.7 Å². The zero-order valence-electron chi connectivity index (χ0n) is 11.0. The van der Waals surface area contributed by atoms with Crippen LogP contribution in [0.3, 0.4) is 0 Å². The van der Waals surface area contributed by atoms with Crippen LogP contribution in [0.25, 0.3) is 0 Å². The molecule has 3 heteroatoms. The quantitative estimate of drug-likeness (QED) is 0.854. The van der Waals surface area contributed by atoms with E-state index in [0.29, 0.717) is 0 Å². The summed E-state index contributed by atoms with van der Waals surface area (Å²) in [6.07, 6.45) is 0. The van der Waals surface area contributed by atoms with Crippen LogP contribution in [0.4, 0.5) is 0 Å². The SMILES string of the molecule is CCNC(c1ccccc1Cl)c1cc(C)sc1C. The van der Waals surface area contributed by atoms with E-state index >= 15 is 0 Å². The third kappa shape index (κ3) is 2.77. The summed E-state index contributed by atoms with van der Waals surface area (Å²) in [5.41, 5.74) is 2.49. The van der Waals surface area contributed by atoms with Crippen molar-refractivity contribution in [2.75, 3.05) is 6.54 Å². The molecule has 0 aliphatic heterocycles. The molecule has 1 aromatic carbocycles. The Morgan fingerprint density at radius 2 is 1.94 bits per heavy atom. The monoisotopic (exact) mass is 279 g/mol. The maximum absolute atomic E-state index is 6.33. The van der Waals surface area contributed by atoms with E-state index in [1.54, 1.807) is 0 Å². The largest absolute Gasteiger partial charge is 0.306 e. The molecule has 1 heterocycles. The van der Waals surface area contributed by atoms with Crippen LogP contribution in [-0.2, 0) is 0 Å². The number of thiophene rings is 1. The van der Waals surface area contributed by atoms with Gasteiger partial charge in [-0.3, -0.25) is 0 Å². The Bertz CT molecular complexity index is 533. The molecule has 0 bridgehead atoms. The van der Waals surface area contributed by atoms with Crippen LogP contribution in [0.5, 0.6) is 0 Å². The second-order valence-electron chi connectivity index (χ2n) is 4.38. The van der Waals surface area contributed by atoms with E-state index in [0.717, 1.165) is 17.1 Å². The first-order valence-corrected chi connectivity index (χ1v) is 7.37. The molecule has 96 valence electrons. The first kappa shape index (κ1) is 13.6. The molecule has 0 spiro atoms. The van der Waals surface area contributed by atoms with Gasteiger partial charge in [0, 0.05) is 14.8 Å². The molecule has 2 rings (SSSR count). The molecular weight excluding hydrogens is 262 g/mol. The summed E-state index contributed by atoms with van der Waals surface area (Å²) in [7, 11) is 0. The van der Waals surface area contributed by atoms with Crippen LogP contribution < -0.4 is 5.32 Å². The highest BCUT2D eigenvalue weighted by atomic mass is 35.5. The highest BCUT2D eigenvalue weighted by Gasteiger charge is 2.19. The molecule has 0 aliphatic carbocycles. The molecule has 0 saturated heterocycles. The number of halogens is 1. The minimum absolute atomic E-state index is 0.189. The molecule has 0 radical (unpaired) electrons. The summed E-state index contributed by atoms with van der Waals surface area (Å²) in [5.74, 6) is 0. The first-order chi connectivity index (χ1) is 8.63. The zero-order chi connectivity index (χ0) is 13.1. The Labute approximate surface area is 118 Å². The molecular formula is C15H18ClNS. The van der Waals surface area contributed by atoms with E-state index in [2.05, 4.69) is 38.2 Å². The van der Waals surface area contributed by atoms with Crippen LogP contribution in [-0.4, -0.2) is 6.54 Å². The molecule has 1 atom stereocenters. The van der Waals surface area contributed by atoms with Crippen molar-refractivity contribution in [1.29, 1.82) is 0 Å². The standard InChI is InChI=1S/C15H18ClNS/c1-4-17-15(12-7-5-6-8-14(12)16)13-9-10(2)18-11(13)3/h5-9,15,17H,4H2,1-3H3. The van der Waals surface area contributed by atoms with Crippen molar-refractivity contribution in [2.24, 2.45) is 0 Å². The van der Waals surface area contributed by atoms with Crippen molar-refractivity contribution in [1.82, 2.24) is 5.32 Å². The molecule has 2 aromatic rings. The van der Waals surface area contributed by atoms with Crippen LogP contribution in [0.2, 0.25) is 5.02 Å². The van der Waals surface area contributed by atoms with E-state index in [-0.39, 0.29) is 6.04 Å². The number of nitrogens with one attached hydrogen (secondary N) is 1. The van der Waals surface area contributed by atoms with Gasteiger partial charge in [0.15, 0.2) is 0 Å². The fourth-order valence-electron chi connectivity index (χ4n) is 2.24. The van der Waals surface area contributed by atoms with Gasteiger partial charge < -0.3 is 5.32 Å². The van der Waals surface area contributed by atoms with Crippen LogP contribution in [0, 0.1) is 13.8 Å². The van der Waals surface area contributed by atoms with Crippen molar-refractivity contribution >= 4 is 22.9 Å². The van der Waals surface area contributed by atoms with Gasteiger partial charge in [-0.2, -0.15) is 0 Å². The molecule has 0 saturated carbocycles. The Morgan fingerprint density at radius 1 is 1.22 bits per heavy atom. The van der Waals surface area contributed by atoms with E-state index < -0.39 is 0 Å². The van der Waals surface area contributed by atoms with Crippen molar-refractivity contribution in [2.45, 2.75) is 26.8 Å². The lowest BCUT2D eigenvalue weighted by Gasteiger charge is -2.19. The number of hydrogen-bond acceptors (Lipinski definition) is 2. The van der Waals surface area contributed by atoms with Crippen LogP contribution in [0.1, 0.15) is 33.8 Å². The summed E-state index contributed by atoms with van der Waals surface area (Å²) in [5, 5.41) is 4.36. The van der Waals surface area contributed by atoms with E-state index in [1.807, 2.05) is 29.5 Å². The van der Waals surface area contributed by atoms with Gasteiger partial charge in [-0.25, -0.2) is 0 Å². The Morgan fingerprint density at radius 3 is 2.50 bits per heavy atom. The van der Waals surface area contributed by atoms with Crippen LogP contribution >= 0.6 is 22.9 Å². The van der Waals surface area contributed by atoms with Crippen LogP contribution in [0.15, 0.2) is 30.3 Å². The van der Waals surface area contributed by atoms with Gasteiger partial charge >= 0.3 is 0 Å². The number of rotatable bonds is 4. The van der Waals surface area contributed by atoms with E-state index in [9.17, 15) is 0 Å². The molecule has 1 N–H and O–H groups in total. The predicted octanol–water partition coefficient (Wildman–Crippen LogP) is 4.72. The summed E-state index contributed by atoms with van der Waals surface area (Å²) in [4.78, 5) is 2.70. The van der Waals surface area contributed by atoms with Crippen molar-refractivity contribution in [3.8, 4) is 0 Å². The topological polar surface area (TPSA) is 12.0 Å². The van der Waals surface area contributed by atoms with Crippen molar-refractivity contribution < 1.29 is 0 Å². The maximum atomic E-state index is 6.33. The average Bonchev–Trinajstić information content (AvgIpc) is 2.66. The molecule has 1 nitrogen and oxygen atoms in total. The minimum Gasteiger partial charge on any atom is -0.306 e. The zero-order valence-corrected chi connectivity index (χ0v) is 12.5. The van der Waals surface area contributed by atoms with Gasteiger partial charge in [0.2, 0.25) is 0 Å². The van der Waals surface area contributed by atoms with Gasteiger partial charge in [0.05, 0.1) is 6.04 Å². The van der Waals surface area contributed by atoms with Gasteiger partial charge in [-0.1, -0.05) is 36.7 Å².